The van der Waals surface area contributed by atoms with Gasteiger partial charge in [0, 0.05) is 28.7 Å². The van der Waals surface area contributed by atoms with Gasteiger partial charge < -0.3 is 20.1 Å². The second-order valence-corrected chi connectivity index (χ2v) is 8.53. The number of nitrogens with one attached hydrogen (secondary N) is 2. The number of carbonyl (C=O) groups excluding carboxylic acids is 1. The SMILES string of the molecule is Cc1ccc2c(CC(=O)NCC3(N(C)C)CCN(C)CC3)c(C)[nH]c2c1C. The van der Waals surface area contributed by atoms with E-state index in [1.54, 1.807) is 0 Å². The van der Waals surface area contributed by atoms with Gasteiger partial charge in [-0.05, 0) is 84.5 Å². The number of rotatable bonds is 5. The number of benzene rings is 1. The molecule has 2 aromatic rings. The van der Waals surface area contributed by atoms with Crippen molar-refractivity contribution in [2.75, 3.05) is 40.8 Å². The summed E-state index contributed by atoms with van der Waals surface area (Å²) in [6.07, 6.45) is 2.60. The van der Waals surface area contributed by atoms with Crippen LogP contribution in [0.15, 0.2) is 12.1 Å². The molecule has 1 fully saturated rings. The van der Waals surface area contributed by atoms with Gasteiger partial charge in [-0.3, -0.25) is 4.79 Å². The molecule has 0 aliphatic carbocycles. The molecule has 0 saturated carbocycles. The lowest BCUT2D eigenvalue weighted by molar-refractivity contribution is -0.121. The summed E-state index contributed by atoms with van der Waals surface area (Å²) < 4.78 is 0. The van der Waals surface area contributed by atoms with E-state index in [1.807, 2.05) is 0 Å². The van der Waals surface area contributed by atoms with E-state index >= 15 is 0 Å². The van der Waals surface area contributed by atoms with Crippen LogP contribution in [0, 0.1) is 20.8 Å². The number of nitrogens with zero attached hydrogens (tertiary/aromatic N) is 2. The van der Waals surface area contributed by atoms with Gasteiger partial charge in [0.05, 0.1) is 6.42 Å². The first-order chi connectivity index (χ1) is 12.7. The maximum absolute atomic E-state index is 12.8. The van der Waals surface area contributed by atoms with Crippen LogP contribution in [0.2, 0.25) is 0 Å². The molecule has 5 heteroatoms. The molecule has 0 unspecified atom stereocenters. The van der Waals surface area contributed by atoms with E-state index < -0.39 is 0 Å². The topological polar surface area (TPSA) is 51.4 Å². The smallest absolute Gasteiger partial charge is 0.224 e. The van der Waals surface area contributed by atoms with E-state index in [2.05, 4.69) is 74.1 Å². The van der Waals surface area contributed by atoms with E-state index in [9.17, 15) is 4.79 Å². The third-order valence-corrected chi connectivity index (χ3v) is 6.64. The number of likely N-dealkylation sites (tertiary alicyclic amines) is 1. The second-order valence-electron chi connectivity index (χ2n) is 8.53. The van der Waals surface area contributed by atoms with Crippen LogP contribution in [-0.4, -0.2) is 67.0 Å². The third kappa shape index (κ3) is 3.90. The van der Waals surface area contributed by atoms with Crippen LogP contribution in [0.25, 0.3) is 10.9 Å². The van der Waals surface area contributed by atoms with Crippen LogP contribution < -0.4 is 5.32 Å². The van der Waals surface area contributed by atoms with Gasteiger partial charge in [0.15, 0.2) is 0 Å². The molecule has 27 heavy (non-hydrogen) atoms. The number of aromatic amines is 1. The van der Waals surface area contributed by atoms with Gasteiger partial charge in [-0.1, -0.05) is 12.1 Å². The summed E-state index contributed by atoms with van der Waals surface area (Å²) in [5.41, 5.74) is 5.97. The highest BCUT2D eigenvalue weighted by atomic mass is 16.1. The lowest BCUT2D eigenvalue weighted by Gasteiger charge is -2.45. The van der Waals surface area contributed by atoms with Crippen molar-refractivity contribution in [1.82, 2.24) is 20.1 Å². The Balaban J connectivity index is 1.72. The molecule has 1 aromatic heterocycles. The molecular formula is C22H34N4O. The Hall–Kier alpha value is -1.85. The lowest BCUT2D eigenvalue weighted by atomic mass is 9.86. The molecule has 0 bridgehead atoms. The van der Waals surface area contributed by atoms with Crippen LogP contribution in [0.3, 0.4) is 0 Å². The van der Waals surface area contributed by atoms with Gasteiger partial charge >= 0.3 is 0 Å². The van der Waals surface area contributed by atoms with Crippen molar-refractivity contribution in [1.29, 1.82) is 0 Å². The molecule has 148 valence electrons. The fourth-order valence-corrected chi connectivity index (χ4v) is 4.22. The summed E-state index contributed by atoms with van der Waals surface area (Å²) in [7, 11) is 6.43. The predicted octanol–water partition coefficient (Wildman–Crippen LogP) is 2.78. The number of fused-ring (bicyclic) bond motifs is 1. The summed E-state index contributed by atoms with van der Waals surface area (Å²) in [5, 5.41) is 4.41. The molecule has 0 spiro atoms. The van der Waals surface area contributed by atoms with Crippen LogP contribution in [0.4, 0.5) is 0 Å². The number of hydrogen-bond acceptors (Lipinski definition) is 3. The Morgan fingerprint density at radius 3 is 2.52 bits per heavy atom. The Morgan fingerprint density at radius 2 is 1.89 bits per heavy atom. The largest absolute Gasteiger partial charge is 0.358 e. The lowest BCUT2D eigenvalue weighted by Crippen LogP contribution is -2.58. The highest BCUT2D eigenvalue weighted by Gasteiger charge is 2.36. The average Bonchev–Trinajstić information content (AvgIpc) is 2.94. The fourth-order valence-electron chi connectivity index (χ4n) is 4.22. The minimum absolute atomic E-state index is 0.0606. The number of carbonyl (C=O) groups is 1. The first-order valence-corrected chi connectivity index (χ1v) is 9.93. The summed E-state index contributed by atoms with van der Waals surface area (Å²) in [6.45, 7) is 9.20. The molecule has 1 saturated heterocycles. The zero-order valence-electron chi connectivity index (χ0n) is 17.7. The van der Waals surface area contributed by atoms with Crippen molar-refractivity contribution < 1.29 is 4.79 Å². The van der Waals surface area contributed by atoms with Crippen molar-refractivity contribution in [2.45, 2.75) is 45.6 Å². The minimum atomic E-state index is 0.0606. The maximum atomic E-state index is 12.8. The number of aromatic nitrogens is 1. The number of hydrogen-bond donors (Lipinski definition) is 2. The van der Waals surface area contributed by atoms with Gasteiger partial charge in [0.1, 0.15) is 0 Å². The quantitative estimate of drug-likeness (QED) is 0.851. The van der Waals surface area contributed by atoms with E-state index in [0.29, 0.717) is 13.0 Å². The number of amides is 1. The number of piperidine rings is 1. The molecule has 1 aliphatic heterocycles. The van der Waals surface area contributed by atoms with E-state index in [1.165, 1.54) is 16.5 Å². The standard InChI is InChI=1S/C22H34N4O/c1-15-7-8-18-19(17(3)24-21(18)16(15)2)13-20(27)23-14-22(25(4)5)9-11-26(6)12-10-22/h7-8,24H,9-14H2,1-6H3,(H,23,27). The van der Waals surface area contributed by atoms with E-state index in [-0.39, 0.29) is 11.4 Å². The first-order valence-electron chi connectivity index (χ1n) is 9.93. The van der Waals surface area contributed by atoms with Crippen molar-refractivity contribution in [3.63, 3.8) is 0 Å². The Morgan fingerprint density at radius 1 is 1.22 bits per heavy atom. The third-order valence-electron chi connectivity index (χ3n) is 6.64. The molecule has 5 nitrogen and oxygen atoms in total. The normalized spacial score (nSPS) is 17.6. The molecule has 2 heterocycles. The zero-order chi connectivity index (χ0) is 19.8. The molecular weight excluding hydrogens is 336 g/mol. The van der Waals surface area contributed by atoms with Crippen molar-refractivity contribution in [3.8, 4) is 0 Å². The molecule has 1 amide bonds. The van der Waals surface area contributed by atoms with Gasteiger partial charge in [0.25, 0.3) is 0 Å². The van der Waals surface area contributed by atoms with Crippen LogP contribution in [0.1, 0.15) is 35.2 Å². The molecule has 1 aromatic carbocycles. The van der Waals surface area contributed by atoms with Crippen LogP contribution in [0.5, 0.6) is 0 Å². The highest BCUT2D eigenvalue weighted by molar-refractivity contribution is 5.92. The van der Waals surface area contributed by atoms with Gasteiger partial charge in [-0.2, -0.15) is 0 Å². The van der Waals surface area contributed by atoms with Crippen LogP contribution in [-0.2, 0) is 11.2 Å². The number of H-pyrrole nitrogens is 1. The predicted molar refractivity (Wildman–Crippen MR) is 112 cm³/mol. The summed E-state index contributed by atoms with van der Waals surface area (Å²) in [5.74, 6) is 0.109. The Kier molecular flexibility index (Phi) is 5.63. The van der Waals surface area contributed by atoms with Crippen molar-refractivity contribution >= 4 is 16.8 Å². The molecule has 0 atom stereocenters. The van der Waals surface area contributed by atoms with E-state index in [4.69, 9.17) is 0 Å². The minimum Gasteiger partial charge on any atom is -0.358 e. The maximum Gasteiger partial charge on any atom is 0.224 e. The van der Waals surface area contributed by atoms with Gasteiger partial charge in [-0.25, -0.2) is 0 Å². The molecule has 3 rings (SSSR count). The first kappa shape index (κ1) is 19.9. The summed E-state index contributed by atoms with van der Waals surface area (Å²) in [6, 6.07) is 4.29. The molecule has 1 aliphatic rings. The number of aryl methyl sites for hydroxylation is 3. The Labute approximate surface area is 163 Å². The van der Waals surface area contributed by atoms with Gasteiger partial charge in [0.2, 0.25) is 5.91 Å². The number of likely N-dealkylation sites (N-methyl/N-ethyl adjacent to an activating group) is 1. The van der Waals surface area contributed by atoms with Gasteiger partial charge in [-0.15, -0.1) is 0 Å². The second kappa shape index (κ2) is 7.64. The summed E-state index contributed by atoms with van der Waals surface area (Å²) >= 11 is 0. The van der Waals surface area contributed by atoms with Crippen molar-refractivity contribution in [2.24, 2.45) is 0 Å². The summed E-state index contributed by atoms with van der Waals surface area (Å²) in [4.78, 5) is 20.9. The van der Waals surface area contributed by atoms with Crippen LogP contribution >= 0.6 is 0 Å². The average molecular weight is 371 g/mol. The monoisotopic (exact) mass is 370 g/mol. The molecule has 2 N–H and O–H groups in total. The zero-order valence-corrected chi connectivity index (χ0v) is 17.7. The van der Waals surface area contributed by atoms with Crippen molar-refractivity contribution in [3.05, 3.63) is 34.5 Å². The fraction of sp³-hybridized carbons (Fsp3) is 0.591. The Bertz CT molecular complexity index is 828. The van der Waals surface area contributed by atoms with E-state index in [0.717, 1.165) is 42.7 Å². The highest BCUT2D eigenvalue weighted by Crippen LogP contribution is 2.28. The molecule has 0 radical (unpaired) electrons.